The Bertz CT molecular complexity index is 1390. The lowest BCUT2D eigenvalue weighted by Gasteiger charge is -2.57. The summed E-state index contributed by atoms with van der Waals surface area (Å²) in [6, 6.07) is 8.65. The molecule has 4 aliphatic carbocycles. The molecule has 0 radical (unpaired) electrons. The fourth-order valence-electron chi connectivity index (χ4n) is 7.57. The van der Waals surface area contributed by atoms with Crippen LogP contribution in [0.2, 0.25) is 0 Å². The molecule has 10 nitrogen and oxygen atoms in total. The van der Waals surface area contributed by atoms with E-state index in [-0.39, 0.29) is 29.0 Å². The van der Waals surface area contributed by atoms with Crippen LogP contribution < -0.4 is 15.0 Å². The number of hydrogen-bond donors (Lipinski definition) is 2. The number of benzene rings is 2. The predicted octanol–water partition coefficient (Wildman–Crippen LogP) is 4.83. The molecule has 2 aromatic rings. The van der Waals surface area contributed by atoms with Crippen LogP contribution >= 0.6 is 0 Å². The van der Waals surface area contributed by atoms with E-state index < -0.39 is 34.1 Å². The SMILES string of the molecule is CCOc1cc([N+](=O)[O-])cc(/C=C2\C(=O)NC(=O)N(c3ccc(C45CC6CC(CC(C6)C4)C5)cc3)C2=O)c1O. The van der Waals surface area contributed by atoms with Crippen LogP contribution in [0.15, 0.2) is 42.0 Å². The molecule has 5 aliphatic rings. The molecule has 10 heteroatoms. The lowest BCUT2D eigenvalue weighted by molar-refractivity contribution is -0.385. The molecule has 39 heavy (non-hydrogen) atoms. The minimum absolute atomic E-state index is 0.131. The van der Waals surface area contributed by atoms with Crippen LogP contribution in [0.1, 0.15) is 56.6 Å². The molecule has 202 valence electrons. The van der Waals surface area contributed by atoms with E-state index >= 15 is 0 Å². The Morgan fingerprint density at radius 1 is 1.08 bits per heavy atom. The van der Waals surface area contributed by atoms with E-state index in [1.807, 2.05) is 12.1 Å². The van der Waals surface area contributed by atoms with Crippen LogP contribution in [0.25, 0.3) is 6.08 Å². The largest absolute Gasteiger partial charge is 0.504 e. The van der Waals surface area contributed by atoms with Gasteiger partial charge in [-0.2, -0.15) is 0 Å². The number of barbiturate groups is 1. The third-order valence-electron chi connectivity index (χ3n) is 8.78. The minimum atomic E-state index is -0.963. The van der Waals surface area contributed by atoms with Crippen LogP contribution in [0.5, 0.6) is 11.5 Å². The number of carbonyl (C=O) groups excluding carboxylic acids is 3. The smallest absolute Gasteiger partial charge is 0.335 e. The number of hydrogen-bond acceptors (Lipinski definition) is 7. The van der Waals surface area contributed by atoms with Crippen molar-refractivity contribution in [2.45, 2.75) is 50.9 Å². The van der Waals surface area contributed by atoms with Crippen molar-refractivity contribution in [3.05, 3.63) is 63.2 Å². The van der Waals surface area contributed by atoms with Gasteiger partial charge < -0.3 is 9.84 Å². The number of urea groups is 1. The number of ether oxygens (including phenoxy) is 1. The van der Waals surface area contributed by atoms with Crippen molar-refractivity contribution in [3.63, 3.8) is 0 Å². The number of carbonyl (C=O) groups is 3. The molecule has 0 aromatic heterocycles. The summed E-state index contributed by atoms with van der Waals surface area (Å²) >= 11 is 0. The Kier molecular flexibility index (Phi) is 5.93. The highest BCUT2D eigenvalue weighted by Gasteiger charge is 2.51. The maximum atomic E-state index is 13.4. The molecular weight excluding hydrogens is 502 g/mol. The van der Waals surface area contributed by atoms with Gasteiger partial charge in [0.1, 0.15) is 5.57 Å². The van der Waals surface area contributed by atoms with Crippen LogP contribution in [0.4, 0.5) is 16.2 Å². The van der Waals surface area contributed by atoms with E-state index in [0.717, 1.165) is 40.9 Å². The average molecular weight is 532 g/mol. The number of nitro benzene ring substituents is 1. The minimum Gasteiger partial charge on any atom is -0.504 e. The monoisotopic (exact) mass is 531 g/mol. The first-order chi connectivity index (χ1) is 18.7. The average Bonchev–Trinajstić information content (AvgIpc) is 2.88. The van der Waals surface area contributed by atoms with E-state index in [1.54, 1.807) is 19.1 Å². The summed E-state index contributed by atoms with van der Waals surface area (Å²) in [6.07, 6.45) is 8.56. The Labute approximate surface area is 224 Å². The van der Waals surface area contributed by atoms with E-state index in [1.165, 1.54) is 44.1 Å². The second kappa shape index (κ2) is 9.21. The number of phenolic OH excluding ortho intramolecular Hbond substituents is 1. The predicted molar refractivity (Wildman–Crippen MR) is 141 cm³/mol. The number of nitrogens with zero attached hydrogens (tertiary/aromatic N) is 2. The van der Waals surface area contributed by atoms with Gasteiger partial charge in [0.25, 0.3) is 17.5 Å². The van der Waals surface area contributed by atoms with E-state index in [2.05, 4.69) is 5.32 Å². The molecular formula is C29H29N3O7. The number of rotatable bonds is 6. The van der Waals surface area contributed by atoms with Crippen molar-refractivity contribution in [1.29, 1.82) is 0 Å². The standard InChI is InChI=1S/C29H29N3O7/c1-2-39-24-12-22(32(37)38)10-19(25(24)33)11-23-26(34)30-28(36)31(27(23)35)21-5-3-20(4-6-21)29-13-16-7-17(14-29)9-18(8-16)15-29/h3-6,10-12,16-18,33H,2,7-9,13-15H2,1H3,(H,30,34,36)/b23-11+. The number of anilines is 1. The van der Waals surface area contributed by atoms with Crippen molar-refractivity contribution >= 4 is 35.3 Å². The van der Waals surface area contributed by atoms with Gasteiger partial charge in [-0.1, -0.05) is 12.1 Å². The molecule has 0 atom stereocenters. The van der Waals surface area contributed by atoms with E-state index in [4.69, 9.17) is 4.74 Å². The lowest BCUT2D eigenvalue weighted by atomic mass is 9.48. The number of amides is 4. The van der Waals surface area contributed by atoms with Crippen LogP contribution in [-0.2, 0) is 15.0 Å². The molecule has 0 unspecified atom stereocenters. The zero-order valence-electron chi connectivity index (χ0n) is 21.5. The second-order valence-electron chi connectivity index (χ2n) is 11.3. The summed E-state index contributed by atoms with van der Waals surface area (Å²) in [5.74, 6) is -0.146. The van der Waals surface area contributed by atoms with Gasteiger partial charge in [0.15, 0.2) is 11.5 Å². The summed E-state index contributed by atoms with van der Waals surface area (Å²) < 4.78 is 5.28. The van der Waals surface area contributed by atoms with Crippen LogP contribution in [-0.4, -0.2) is 34.5 Å². The molecule has 2 N–H and O–H groups in total. The normalized spacial score (nSPS) is 28.6. The number of imide groups is 2. The first-order valence-electron chi connectivity index (χ1n) is 13.3. The van der Waals surface area contributed by atoms with Gasteiger partial charge in [-0.15, -0.1) is 0 Å². The molecule has 4 amide bonds. The van der Waals surface area contributed by atoms with Gasteiger partial charge >= 0.3 is 6.03 Å². The molecule has 1 heterocycles. The summed E-state index contributed by atoms with van der Waals surface area (Å²) in [4.78, 5) is 50.4. The van der Waals surface area contributed by atoms with Crippen molar-refractivity contribution in [2.24, 2.45) is 17.8 Å². The molecule has 2 aromatic carbocycles. The first-order valence-corrected chi connectivity index (χ1v) is 13.3. The summed E-state index contributed by atoms with van der Waals surface area (Å²) in [5.41, 5.74) is 0.700. The van der Waals surface area contributed by atoms with Gasteiger partial charge in [-0.3, -0.25) is 25.0 Å². The fourth-order valence-corrected chi connectivity index (χ4v) is 7.57. The summed E-state index contributed by atoms with van der Waals surface area (Å²) in [5, 5.41) is 24.2. The maximum absolute atomic E-state index is 13.4. The first kappa shape index (κ1) is 25.1. The van der Waals surface area contributed by atoms with Gasteiger partial charge in [-0.05, 0) is 92.4 Å². The van der Waals surface area contributed by atoms with E-state index in [0.29, 0.717) is 5.69 Å². The highest BCUT2D eigenvalue weighted by molar-refractivity contribution is 6.39. The Hall–Kier alpha value is -4.21. The Morgan fingerprint density at radius 2 is 1.69 bits per heavy atom. The van der Waals surface area contributed by atoms with Crippen molar-refractivity contribution in [1.82, 2.24) is 5.32 Å². The topological polar surface area (TPSA) is 139 Å². The number of non-ortho nitro benzene ring substituents is 1. The Balaban J connectivity index is 1.32. The van der Waals surface area contributed by atoms with Crippen LogP contribution in [0, 0.1) is 27.9 Å². The molecule has 1 saturated heterocycles. The molecule has 4 bridgehead atoms. The van der Waals surface area contributed by atoms with Crippen molar-refractivity contribution in [2.75, 3.05) is 11.5 Å². The summed E-state index contributed by atoms with van der Waals surface area (Å²) in [7, 11) is 0. The number of nitro groups is 1. The highest BCUT2D eigenvalue weighted by atomic mass is 16.6. The van der Waals surface area contributed by atoms with Gasteiger partial charge in [0, 0.05) is 11.6 Å². The zero-order chi connectivity index (χ0) is 27.5. The number of aromatic hydroxyl groups is 1. The highest BCUT2D eigenvalue weighted by Crippen LogP contribution is 2.60. The molecule has 7 rings (SSSR count). The lowest BCUT2D eigenvalue weighted by Crippen LogP contribution is -2.54. The van der Waals surface area contributed by atoms with Crippen molar-refractivity contribution in [3.8, 4) is 11.5 Å². The number of nitrogens with one attached hydrogen (secondary N) is 1. The quantitative estimate of drug-likeness (QED) is 0.235. The fraction of sp³-hybridized carbons (Fsp3) is 0.414. The Morgan fingerprint density at radius 3 is 2.26 bits per heavy atom. The van der Waals surface area contributed by atoms with E-state index in [9.17, 15) is 29.6 Å². The molecule has 0 spiro atoms. The third-order valence-corrected chi connectivity index (χ3v) is 8.78. The zero-order valence-corrected chi connectivity index (χ0v) is 21.5. The van der Waals surface area contributed by atoms with Crippen molar-refractivity contribution < 1.29 is 29.2 Å². The summed E-state index contributed by atoms with van der Waals surface area (Å²) in [6.45, 7) is 1.78. The van der Waals surface area contributed by atoms with Gasteiger partial charge in [0.05, 0.1) is 23.3 Å². The molecule has 5 fully saturated rings. The molecule has 4 saturated carbocycles. The second-order valence-corrected chi connectivity index (χ2v) is 11.3. The van der Waals surface area contributed by atoms with Crippen LogP contribution in [0.3, 0.4) is 0 Å². The van der Waals surface area contributed by atoms with Gasteiger partial charge in [-0.25, -0.2) is 9.69 Å². The molecule has 1 aliphatic heterocycles. The van der Waals surface area contributed by atoms with Gasteiger partial charge in [0.2, 0.25) is 0 Å². The number of phenols is 1. The maximum Gasteiger partial charge on any atom is 0.335 e. The third kappa shape index (κ3) is 4.24.